The molecule has 1 aliphatic carbocycles. The molecule has 0 saturated heterocycles. The van der Waals surface area contributed by atoms with Crippen LogP contribution in [-0.2, 0) is 19.0 Å². The first-order chi connectivity index (χ1) is 11.6. The summed E-state index contributed by atoms with van der Waals surface area (Å²) in [6.07, 6.45) is 8.77. The Balaban J connectivity index is 2.05. The number of carbonyl (C=O) groups excluding carboxylic acids is 1. The van der Waals surface area contributed by atoms with Crippen LogP contribution in [0.25, 0.3) is 0 Å². The second-order valence-electron chi connectivity index (χ2n) is 6.56. The third kappa shape index (κ3) is 4.73. The number of hydrogen-bond donors (Lipinski definition) is 0. The van der Waals surface area contributed by atoms with Crippen LogP contribution >= 0.6 is 11.6 Å². The van der Waals surface area contributed by atoms with Crippen LogP contribution < -0.4 is 0 Å². The lowest BCUT2D eigenvalue weighted by Crippen LogP contribution is -2.41. The van der Waals surface area contributed by atoms with Crippen LogP contribution in [0.3, 0.4) is 0 Å². The number of dihydropyridines is 1. The van der Waals surface area contributed by atoms with Crippen LogP contribution in [0, 0.1) is 17.8 Å². The predicted octanol–water partition coefficient (Wildman–Crippen LogP) is 3.21. The van der Waals surface area contributed by atoms with Crippen LogP contribution in [0.2, 0.25) is 0 Å². The Morgan fingerprint density at radius 1 is 1.33 bits per heavy atom. The van der Waals surface area contributed by atoms with Gasteiger partial charge in [0, 0.05) is 25.3 Å². The monoisotopic (exact) mass is 357 g/mol. The number of nitrogens with zero attached hydrogens (tertiary/aromatic N) is 1. The molecule has 5 atom stereocenters. The maximum atomic E-state index is 11.4. The lowest BCUT2D eigenvalue weighted by Gasteiger charge is -2.41. The normalized spacial score (nSPS) is 33.0. The van der Waals surface area contributed by atoms with E-state index in [9.17, 15) is 4.79 Å². The van der Waals surface area contributed by atoms with Crippen molar-refractivity contribution in [3.05, 3.63) is 12.2 Å². The second-order valence-corrected chi connectivity index (χ2v) is 6.87. The Hall–Kier alpha value is -1.07. The van der Waals surface area contributed by atoms with Gasteiger partial charge in [-0.05, 0) is 43.6 Å². The van der Waals surface area contributed by atoms with Crippen LogP contribution in [0.15, 0.2) is 17.1 Å². The van der Waals surface area contributed by atoms with Crippen molar-refractivity contribution >= 4 is 23.5 Å². The standard InChI is InChI=1S/C18H28ClNO4/c1-22-16-7-4-12(5-9-18(21)24-3)10-14(16)13-6-8-17(23-2)20-15(13)11-19/h6,8,12-16H,4-5,7,9-11H2,1-3H3. The third-order valence-electron chi connectivity index (χ3n) is 5.29. The summed E-state index contributed by atoms with van der Waals surface area (Å²) in [6, 6.07) is 0.00798. The molecule has 1 saturated carbocycles. The fourth-order valence-electron chi connectivity index (χ4n) is 3.95. The van der Waals surface area contributed by atoms with E-state index in [2.05, 4.69) is 11.1 Å². The van der Waals surface area contributed by atoms with Gasteiger partial charge in [0.1, 0.15) is 0 Å². The molecule has 0 aromatic carbocycles. The quantitative estimate of drug-likeness (QED) is 0.541. The average molecular weight is 358 g/mol. The van der Waals surface area contributed by atoms with Gasteiger partial charge in [-0.25, -0.2) is 4.99 Å². The Labute approximate surface area is 149 Å². The van der Waals surface area contributed by atoms with Crippen molar-refractivity contribution in [1.29, 1.82) is 0 Å². The highest BCUT2D eigenvalue weighted by molar-refractivity contribution is 6.18. The van der Waals surface area contributed by atoms with Gasteiger partial charge in [0.05, 0.1) is 26.4 Å². The summed E-state index contributed by atoms with van der Waals surface area (Å²) in [5.74, 6) is 2.06. The van der Waals surface area contributed by atoms with Gasteiger partial charge in [0.15, 0.2) is 0 Å². The first kappa shape index (κ1) is 19.3. The highest BCUT2D eigenvalue weighted by Crippen LogP contribution is 2.41. The molecule has 0 N–H and O–H groups in total. The van der Waals surface area contributed by atoms with E-state index < -0.39 is 0 Å². The van der Waals surface area contributed by atoms with Crippen LogP contribution in [0.1, 0.15) is 32.1 Å². The summed E-state index contributed by atoms with van der Waals surface area (Å²) in [6.45, 7) is 0. The number of rotatable bonds is 6. The van der Waals surface area contributed by atoms with E-state index in [0.29, 0.717) is 30.0 Å². The number of aliphatic imine (C=N–C) groups is 1. The number of ether oxygens (including phenoxy) is 3. The van der Waals surface area contributed by atoms with Gasteiger partial charge in [0.25, 0.3) is 0 Å². The SMILES string of the molecule is COC(=O)CCC1CCC(OC)C(C2C=CC(OC)=NC2CCl)C1. The van der Waals surface area contributed by atoms with Crippen molar-refractivity contribution in [2.75, 3.05) is 27.2 Å². The molecule has 5 nitrogen and oxygen atoms in total. The summed E-state index contributed by atoms with van der Waals surface area (Å²) in [7, 11) is 4.84. The number of esters is 1. The maximum absolute atomic E-state index is 11.4. The second kappa shape index (κ2) is 9.42. The van der Waals surface area contributed by atoms with E-state index in [1.54, 1.807) is 14.2 Å². The highest BCUT2D eigenvalue weighted by Gasteiger charge is 2.39. The van der Waals surface area contributed by atoms with Crippen LogP contribution in [-0.4, -0.2) is 51.2 Å². The lowest BCUT2D eigenvalue weighted by atomic mass is 9.69. The van der Waals surface area contributed by atoms with E-state index in [4.69, 9.17) is 25.8 Å². The Morgan fingerprint density at radius 2 is 2.12 bits per heavy atom. The van der Waals surface area contributed by atoms with Crippen molar-refractivity contribution in [2.24, 2.45) is 22.7 Å². The molecular weight excluding hydrogens is 330 g/mol. The van der Waals surface area contributed by atoms with Gasteiger partial charge in [0.2, 0.25) is 5.90 Å². The Bertz CT molecular complexity index is 480. The van der Waals surface area contributed by atoms with Gasteiger partial charge >= 0.3 is 5.97 Å². The molecule has 1 aliphatic heterocycles. The molecule has 0 bridgehead atoms. The van der Waals surface area contributed by atoms with E-state index >= 15 is 0 Å². The summed E-state index contributed by atoms with van der Waals surface area (Å²) < 4.78 is 15.7. The van der Waals surface area contributed by atoms with E-state index in [1.165, 1.54) is 7.11 Å². The zero-order chi connectivity index (χ0) is 17.5. The molecular formula is C18H28ClNO4. The molecule has 1 heterocycles. The fourth-order valence-corrected chi connectivity index (χ4v) is 4.23. The number of hydrogen-bond acceptors (Lipinski definition) is 5. The lowest BCUT2D eigenvalue weighted by molar-refractivity contribution is -0.141. The zero-order valence-corrected chi connectivity index (χ0v) is 15.5. The van der Waals surface area contributed by atoms with E-state index in [-0.39, 0.29) is 24.0 Å². The largest absolute Gasteiger partial charge is 0.481 e. The number of methoxy groups -OCH3 is 3. The number of alkyl halides is 1. The maximum Gasteiger partial charge on any atom is 0.305 e. The minimum Gasteiger partial charge on any atom is -0.481 e. The van der Waals surface area contributed by atoms with Gasteiger partial charge in [-0.2, -0.15) is 0 Å². The molecule has 0 spiro atoms. The van der Waals surface area contributed by atoms with Crippen LogP contribution in [0.4, 0.5) is 0 Å². The van der Waals surface area contributed by atoms with Gasteiger partial charge in [-0.1, -0.05) is 6.08 Å². The number of carbonyl (C=O) groups is 1. The minimum atomic E-state index is -0.133. The first-order valence-electron chi connectivity index (χ1n) is 8.58. The van der Waals surface area contributed by atoms with Gasteiger partial charge in [-0.3, -0.25) is 4.79 Å². The van der Waals surface area contributed by atoms with Crippen LogP contribution in [0.5, 0.6) is 0 Å². The topological polar surface area (TPSA) is 57.1 Å². The molecule has 0 amide bonds. The predicted molar refractivity (Wildman–Crippen MR) is 94.5 cm³/mol. The highest BCUT2D eigenvalue weighted by atomic mass is 35.5. The molecule has 136 valence electrons. The molecule has 0 aromatic rings. The summed E-state index contributed by atoms with van der Waals surface area (Å²) in [4.78, 5) is 16.0. The minimum absolute atomic E-state index is 0.00798. The zero-order valence-electron chi connectivity index (χ0n) is 14.7. The van der Waals surface area contributed by atoms with Crippen molar-refractivity contribution < 1.29 is 19.0 Å². The molecule has 6 heteroatoms. The van der Waals surface area contributed by atoms with E-state index in [1.807, 2.05) is 6.08 Å². The molecule has 0 aromatic heterocycles. The molecule has 24 heavy (non-hydrogen) atoms. The van der Waals surface area contributed by atoms with Gasteiger partial charge in [-0.15, -0.1) is 11.6 Å². The Kier molecular flexibility index (Phi) is 7.56. The molecule has 0 radical (unpaired) electrons. The van der Waals surface area contributed by atoms with Crippen molar-refractivity contribution in [2.45, 2.75) is 44.2 Å². The van der Waals surface area contributed by atoms with Crippen molar-refractivity contribution in [3.63, 3.8) is 0 Å². The molecule has 5 unspecified atom stereocenters. The summed E-state index contributed by atoms with van der Waals surface area (Å²) in [5.41, 5.74) is 0. The molecule has 1 fully saturated rings. The van der Waals surface area contributed by atoms with E-state index in [0.717, 1.165) is 25.7 Å². The smallest absolute Gasteiger partial charge is 0.305 e. The number of halogens is 1. The average Bonchev–Trinajstić information content (AvgIpc) is 2.65. The fraction of sp³-hybridized carbons (Fsp3) is 0.778. The first-order valence-corrected chi connectivity index (χ1v) is 9.11. The molecule has 2 aliphatic rings. The van der Waals surface area contributed by atoms with Crippen molar-refractivity contribution in [1.82, 2.24) is 0 Å². The van der Waals surface area contributed by atoms with Gasteiger partial charge < -0.3 is 14.2 Å². The summed E-state index contributed by atoms with van der Waals surface area (Å²) in [5, 5.41) is 0. The third-order valence-corrected chi connectivity index (χ3v) is 5.61. The van der Waals surface area contributed by atoms with Crippen molar-refractivity contribution in [3.8, 4) is 0 Å². The molecule has 2 rings (SSSR count). The summed E-state index contributed by atoms with van der Waals surface area (Å²) >= 11 is 6.17. The Morgan fingerprint density at radius 3 is 2.75 bits per heavy atom.